The first-order valence-electron chi connectivity index (χ1n) is 11.1. The van der Waals surface area contributed by atoms with Crippen molar-refractivity contribution >= 4 is 61.9 Å². The molecule has 5 rings (SSSR count). The number of nitro groups is 1. The molecule has 178 valence electrons. The summed E-state index contributed by atoms with van der Waals surface area (Å²) < 4.78 is 0.613. The number of fused-ring (bicyclic) bond motifs is 2. The van der Waals surface area contributed by atoms with Gasteiger partial charge < -0.3 is 4.90 Å². The summed E-state index contributed by atoms with van der Waals surface area (Å²) in [6.07, 6.45) is 0.679. The molecular formula is C27H22Cl2N2O3S. The molecule has 4 aromatic rings. The van der Waals surface area contributed by atoms with E-state index in [4.69, 9.17) is 23.2 Å². The number of benzene rings is 3. The molecule has 8 heteroatoms. The van der Waals surface area contributed by atoms with E-state index in [1.54, 1.807) is 6.07 Å². The Morgan fingerprint density at radius 2 is 1.71 bits per heavy atom. The number of nitrogens with zero attached hydrogens (tertiary/aromatic N) is 2. The molecule has 1 aliphatic heterocycles. The fraction of sp³-hybridized carbons (Fsp3) is 0.222. The van der Waals surface area contributed by atoms with E-state index in [1.165, 1.54) is 23.5 Å². The molecule has 2 heterocycles. The monoisotopic (exact) mass is 524 g/mol. The van der Waals surface area contributed by atoms with Gasteiger partial charge in [-0.05, 0) is 55.7 Å². The number of amides is 1. The Morgan fingerprint density at radius 1 is 1.03 bits per heavy atom. The third-order valence-corrected chi connectivity index (χ3v) is 8.73. The van der Waals surface area contributed by atoms with Gasteiger partial charge in [0.05, 0.1) is 9.95 Å². The second-order valence-electron chi connectivity index (χ2n) is 9.67. The predicted octanol–water partition coefficient (Wildman–Crippen LogP) is 8.25. The van der Waals surface area contributed by atoms with Gasteiger partial charge in [-0.3, -0.25) is 14.9 Å². The van der Waals surface area contributed by atoms with E-state index in [9.17, 15) is 14.9 Å². The average Bonchev–Trinajstić information content (AvgIpc) is 3.14. The summed E-state index contributed by atoms with van der Waals surface area (Å²) in [6.45, 7) is 6.31. The third kappa shape index (κ3) is 3.80. The maximum atomic E-state index is 14.1. The van der Waals surface area contributed by atoms with Gasteiger partial charge in [0.15, 0.2) is 0 Å². The number of para-hydroxylation sites is 1. The molecule has 0 fully saturated rings. The van der Waals surface area contributed by atoms with E-state index < -0.39 is 10.5 Å². The highest BCUT2D eigenvalue weighted by atomic mass is 35.5. The van der Waals surface area contributed by atoms with Crippen molar-refractivity contribution in [2.75, 3.05) is 4.90 Å². The van der Waals surface area contributed by atoms with Crippen LogP contribution < -0.4 is 4.90 Å². The maximum Gasteiger partial charge on any atom is 0.270 e. The van der Waals surface area contributed by atoms with E-state index >= 15 is 0 Å². The molecule has 0 saturated carbocycles. The second-order valence-corrected chi connectivity index (χ2v) is 11.5. The summed E-state index contributed by atoms with van der Waals surface area (Å²) in [6, 6.07) is 20.3. The average molecular weight is 525 g/mol. The summed E-state index contributed by atoms with van der Waals surface area (Å²) in [7, 11) is 0. The zero-order valence-electron chi connectivity index (χ0n) is 19.3. The molecule has 1 aliphatic rings. The van der Waals surface area contributed by atoms with Crippen molar-refractivity contribution in [3.63, 3.8) is 0 Å². The number of nitro benzene ring substituents is 1. The first-order valence-corrected chi connectivity index (χ1v) is 12.7. The molecule has 35 heavy (non-hydrogen) atoms. The van der Waals surface area contributed by atoms with Crippen molar-refractivity contribution in [2.45, 2.75) is 38.1 Å². The minimum atomic E-state index is -0.550. The van der Waals surface area contributed by atoms with Crippen LogP contribution in [-0.2, 0) is 5.41 Å². The van der Waals surface area contributed by atoms with Gasteiger partial charge in [0, 0.05) is 43.9 Å². The maximum absolute atomic E-state index is 14.1. The molecular weight excluding hydrogens is 503 g/mol. The van der Waals surface area contributed by atoms with E-state index in [-0.39, 0.29) is 17.0 Å². The molecule has 0 spiro atoms. The quantitative estimate of drug-likeness (QED) is 0.200. The zero-order valence-corrected chi connectivity index (χ0v) is 21.7. The van der Waals surface area contributed by atoms with Crippen molar-refractivity contribution < 1.29 is 9.72 Å². The van der Waals surface area contributed by atoms with Crippen LogP contribution in [0, 0.1) is 10.1 Å². The van der Waals surface area contributed by atoms with Crippen LogP contribution in [0.15, 0.2) is 66.7 Å². The topological polar surface area (TPSA) is 63.5 Å². The van der Waals surface area contributed by atoms with E-state index in [0.717, 1.165) is 16.8 Å². The Bertz CT molecular complexity index is 1500. The lowest BCUT2D eigenvalue weighted by molar-refractivity contribution is -0.384. The number of carbonyl (C=O) groups excluding carboxylic acids is 1. The lowest BCUT2D eigenvalue weighted by Gasteiger charge is -2.51. The molecule has 1 atom stereocenters. The third-order valence-electron chi connectivity index (χ3n) is 6.83. The molecule has 0 radical (unpaired) electrons. The van der Waals surface area contributed by atoms with Gasteiger partial charge in [0.2, 0.25) is 0 Å². The number of non-ortho nitro benzene ring substituents is 1. The molecule has 5 nitrogen and oxygen atoms in total. The van der Waals surface area contributed by atoms with Crippen molar-refractivity contribution in [3.8, 4) is 0 Å². The largest absolute Gasteiger partial charge is 0.302 e. The fourth-order valence-corrected chi connectivity index (χ4v) is 6.97. The van der Waals surface area contributed by atoms with Crippen LogP contribution in [0.4, 0.5) is 11.4 Å². The number of carbonyl (C=O) groups is 1. The Balaban J connectivity index is 1.66. The molecule has 3 aromatic carbocycles. The molecule has 1 amide bonds. The number of hydrogen-bond acceptors (Lipinski definition) is 4. The highest BCUT2D eigenvalue weighted by Gasteiger charge is 2.48. The van der Waals surface area contributed by atoms with Crippen LogP contribution in [0.2, 0.25) is 10.0 Å². The molecule has 0 bridgehead atoms. The Morgan fingerprint density at radius 3 is 2.40 bits per heavy atom. The van der Waals surface area contributed by atoms with Gasteiger partial charge in [-0.15, -0.1) is 11.3 Å². The lowest BCUT2D eigenvalue weighted by atomic mass is 9.65. The smallest absolute Gasteiger partial charge is 0.270 e. The van der Waals surface area contributed by atoms with Crippen molar-refractivity contribution in [1.29, 1.82) is 0 Å². The van der Waals surface area contributed by atoms with Gasteiger partial charge in [-0.1, -0.05) is 60.5 Å². The zero-order chi connectivity index (χ0) is 25.1. The predicted molar refractivity (Wildman–Crippen MR) is 143 cm³/mol. The highest BCUT2D eigenvalue weighted by molar-refractivity contribution is 7.21. The number of halogens is 2. The van der Waals surface area contributed by atoms with Crippen LogP contribution in [0.25, 0.3) is 10.1 Å². The van der Waals surface area contributed by atoms with Gasteiger partial charge in [0.1, 0.15) is 4.88 Å². The summed E-state index contributed by atoms with van der Waals surface area (Å²) in [5, 5.41) is 12.9. The van der Waals surface area contributed by atoms with Gasteiger partial charge in [-0.25, -0.2) is 0 Å². The van der Waals surface area contributed by atoms with Crippen LogP contribution in [-0.4, -0.2) is 16.4 Å². The molecule has 1 aromatic heterocycles. The van der Waals surface area contributed by atoms with E-state index in [2.05, 4.69) is 26.8 Å². The van der Waals surface area contributed by atoms with Crippen LogP contribution in [0.5, 0.6) is 0 Å². The molecule has 0 N–H and O–H groups in total. The minimum absolute atomic E-state index is 0.0307. The summed E-state index contributed by atoms with van der Waals surface area (Å²) in [5.74, 6) is -0.213. The summed E-state index contributed by atoms with van der Waals surface area (Å²) >= 11 is 14.0. The molecule has 0 aliphatic carbocycles. The first-order chi connectivity index (χ1) is 16.5. The minimum Gasteiger partial charge on any atom is -0.302 e. The van der Waals surface area contributed by atoms with Crippen molar-refractivity contribution in [2.24, 2.45) is 0 Å². The second kappa shape index (κ2) is 8.33. The van der Waals surface area contributed by atoms with Crippen molar-refractivity contribution in [3.05, 3.63) is 103 Å². The van der Waals surface area contributed by atoms with Gasteiger partial charge >= 0.3 is 0 Å². The van der Waals surface area contributed by atoms with Crippen LogP contribution in [0.1, 0.15) is 48.0 Å². The van der Waals surface area contributed by atoms with Crippen molar-refractivity contribution in [1.82, 2.24) is 0 Å². The number of hydrogen-bond donors (Lipinski definition) is 0. The number of rotatable bonds is 3. The van der Waals surface area contributed by atoms with Gasteiger partial charge in [0.25, 0.3) is 11.6 Å². The Hall–Kier alpha value is -2.93. The molecule has 0 unspecified atom stereocenters. The Labute approximate surface area is 217 Å². The standard InChI is InChI=1S/C27H22Cl2N2O3S/c1-26(2)15-27(3,16-8-10-17(28)11-9-16)20-6-4-5-7-21(20)30(26)25(32)24-23(29)19-13-12-18(31(33)34)14-22(19)35-24/h4-14H,15H2,1-3H3/t27-/m1/s1. The highest BCUT2D eigenvalue weighted by Crippen LogP contribution is 2.51. The van der Waals surface area contributed by atoms with Crippen LogP contribution >= 0.6 is 34.5 Å². The van der Waals surface area contributed by atoms with Gasteiger partial charge in [-0.2, -0.15) is 0 Å². The lowest BCUT2D eigenvalue weighted by Crippen LogP contribution is -2.55. The summed E-state index contributed by atoms with van der Waals surface area (Å²) in [4.78, 5) is 27.1. The Kier molecular flexibility index (Phi) is 5.66. The summed E-state index contributed by atoms with van der Waals surface area (Å²) in [5.41, 5.74) is 2.07. The number of anilines is 1. The SMILES string of the molecule is CC1(C)C[C@](C)(c2ccc(Cl)cc2)c2ccccc2N1C(=O)c1sc2cc([N+](=O)[O-])ccc2c1Cl. The molecule has 0 saturated heterocycles. The first kappa shape index (κ1) is 23.8. The van der Waals surface area contributed by atoms with Crippen LogP contribution in [0.3, 0.4) is 0 Å². The fourth-order valence-electron chi connectivity index (χ4n) is 5.37. The van der Waals surface area contributed by atoms with E-state index in [1.807, 2.05) is 47.4 Å². The number of thiophene rings is 1. The normalized spacial score (nSPS) is 18.9. The van der Waals surface area contributed by atoms with E-state index in [0.29, 0.717) is 31.4 Å².